The summed E-state index contributed by atoms with van der Waals surface area (Å²) in [5.74, 6) is 0. The van der Waals surface area contributed by atoms with Gasteiger partial charge in [0.05, 0.1) is 16.4 Å². The highest BCUT2D eigenvalue weighted by Gasteiger charge is 2.32. The molecule has 0 aliphatic carbocycles. The van der Waals surface area contributed by atoms with Crippen LogP contribution in [0.2, 0.25) is 0 Å². The molecule has 0 aliphatic rings. The Morgan fingerprint density at radius 1 is 1.33 bits per heavy atom. The molecule has 4 nitrogen and oxygen atoms in total. The van der Waals surface area contributed by atoms with Crippen molar-refractivity contribution in [3.63, 3.8) is 0 Å². The van der Waals surface area contributed by atoms with Crippen molar-refractivity contribution >= 4 is 10.0 Å². The molecular weight excluding hydrogens is 248 g/mol. The van der Waals surface area contributed by atoms with Gasteiger partial charge in [-0.2, -0.15) is 5.26 Å². The highest BCUT2D eigenvalue weighted by Crippen LogP contribution is 2.20. The van der Waals surface area contributed by atoms with Crippen LogP contribution in [0.4, 0.5) is 0 Å². The quantitative estimate of drug-likeness (QED) is 0.842. The maximum Gasteiger partial charge on any atom is 0.219 e. The molecule has 0 spiro atoms. The van der Waals surface area contributed by atoms with E-state index in [1.54, 1.807) is 46.0 Å². The van der Waals surface area contributed by atoms with Gasteiger partial charge >= 0.3 is 0 Å². The third-order valence-corrected chi connectivity index (χ3v) is 5.14. The minimum absolute atomic E-state index is 0.273. The van der Waals surface area contributed by atoms with E-state index in [0.717, 1.165) is 5.56 Å². The molecule has 0 bridgehead atoms. The molecule has 0 aromatic heterocycles. The first-order valence-corrected chi connectivity index (χ1v) is 7.07. The smallest absolute Gasteiger partial charge is 0.212 e. The summed E-state index contributed by atoms with van der Waals surface area (Å²) in [4.78, 5) is 0. The Morgan fingerprint density at radius 2 is 1.94 bits per heavy atom. The average molecular weight is 266 g/mol. The molecule has 0 saturated carbocycles. The first-order valence-electron chi connectivity index (χ1n) is 5.63. The molecule has 0 fully saturated rings. The fourth-order valence-electron chi connectivity index (χ4n) is 1.55. The molecule has 0 radical (unpaired) electrons. The van der Waals surface area contributed by atoms with E-state index in [4.69, 9.17) is 5.26 Å². The monoisotopic (exact) mass is 266 g/mol. The molecule has 0 saturated heterocycles. The van der Waals surface area contributed by atoms with Gasteiger partial charge in [0.1, 0.15) is 0 Å². The van der Waals surface area contributed by atoms with Crippen molar-refractivity contribution in [1.29, 1.82) is 5.26 Å². The van der Waals surface area contributed by atoms with E-state index in [-0.39, 0.29) is 6.54 Å². The topological polar surface area (TPSA) is 61.2 Å². The predicted molar refractivity (Wildman–Crippen MR) is 71.3 cm³/mol. The van der Waals surface area contributed by atoms with Gasteiger partial charge in [0.15, 0.2) is 0 Å². The molecule has 5 heteroatoms. The zero-order valence-electron chi connectivity index (χ0n) is 11.1. The number of nitriles is 1. The van der Waals surface area contributed by atoms with Gasteiger partial charge in [-0.05, 0) is 38.5 Å². The van der Waals surface area contributed by atoms with E-state index >= 15 is 0 Å². The maximum atomic E-state index is 12.2. The minimum atomic E-state index is -3.34. The van der Waals surface area contributed by atoms with Gasteiger partial charge in [-0.15, -0.1) is 0 Å². The van der Waals surface area contributed by atoms with E-state index in [1.165, 1.54) is 4.31 Å². The van der Waals surface area contributed by atoms with Gasteiger partial charge in [0, 0.05) is 13.6 Å². The van der Waals surface area contributed by atoms with Gasteiger partial charge in [0.25, 0.3) is 0 Å². The summed E-state index contributed by atoms with van der Waals surface area (Å²) in [5.41, 5.74) is 1.35. The molecular formula is C13H18N2O2S. The summed E-state index contributed by atoms with van der Waals surface area (Å²) < 4.78 is 24.8. The van der Waals surface area contributed by atoms with Crippen LogP contribution in [0.25, 0.3) is 0 Å². The molecule has 1 rings (SSSR count). The van der Waals surface area contributed by atoms with Gasteiger partial charge in [-0.3, -0.25) is 0 Å². The molecule has 98 valence electrons. The first-order chi connectivity index (χ1) is 8.18. The molecule has 0 amide bonds. The number of sulfonamides is 1. The predicted octanol–water partition coefficient (Wildman–Crippen LogP) is 2.12. The molecule has 0 unspecified atom stereocenters. The molecule has 0 aliphatic heterocycles. The number of hydrogen-bond donors (Lipinski definition) is 0. The summed E-state index contributed by atoms with van der Waals surface area (Å²) in [5, 5.41) is 8.80. The fourth-order valence-corrected chi connectivity index (χ4v) is 2.80. The van der Waals surface area contributed by atoms with Crippen molar-refractivity contribution in [1.82, 2.24) is 4.31 Å². The van der Waals surface area contributed by atoms with Crippen LogP contribution in [0.5, 0.6) is 0 Å². The molecule has 1 aromatic rings. The second-order valence-corrected chi connectivity index (χ2v) is 7.98. The minimum Gasteiger partial charge on any atom is -0.212 e. The largest absolute Gasteiger partial charge is 0.219 e. The lowest BCUT2D eigenvalue weighted by atomic mass is 10.1. The van der Waals surface area contributed by atoms with Crippen LogP contribution in [0, 0.1) is 11.3 Å². The standard InChI is InChI=1S/C13H18N2O2S/c1-13(2,3)18(16,17)15(4)10-12-7-5-6-11(8-12)9-14/h5-8H,10H2,1-4H3. The number of nitrogens with zero attached hydrogens (tertiary/aromatic N) is 2. The van der Waals surface area contributed by atoms with Crippen LogP contribution < -0.4 is 0 Å². The maximum absolute atomic E-state index is 12.2. The average Bonchev–Trinajstić information content (AvgIpc) is 2.27. The molecule has 0 N–H and O–H groups in total. The van der Waals surface area contributed by atoms with Crippen molar-refractivity contribution < 1.29 is 8.42 Å². The molecule has 1 aromatic carbocycles. The summed E-state index contributed by atoms with van der Waals surface area (Å²) >= 11 is 0. The number of hydrogen-bond acceptors (Lipinski definition) is 3. The second kappa shape index (κ2) is 5.09. The fraction of sp³-hybridized carbons (Fsp3) is 0.462. The molecule has 18 heavy (non-hydrogen) atoms. The van der Waals surface area contributed by atoms with Gasteiger partial charge < -0.3 is 0 Å². The Labute approximate surface area is 109 Å². The van der Waals surface area contributed by atoms with Crippen LogP contribution in [0.1, 0.15) is 31.9 Å². The zero-order valence-corrected chi connectivity index (χ0v) is 12.0. The number of benzene rings is 1. The Balaban J connectivity index is 2.96. The van der Waals surface area contributed by atoms with Gasteiger partial charge in [-0.1, -0.05) is 12.1 Å². The summed E-state index contributed by atoms with van der Waals surface area (Å²) in [6.07, 6.45) is 0. The van der Waals surface area contributed by atoms with Crippen LogP contribution in [0.15, 0.2) is 24.3 Å². The Morgan fingerprint density at radius 3 is 2.44 bits per heavy atom. The van der Waals surface area contributed by atoms with Crippen LogP contribution in [0.3, 0.4) is 0 Å². The highest BCUT2D eigenvalue weighted by molar-refractivity contribution is 7.90. The van der Waals surface area contributed by atoms with Crippen molar-refractivity contribution in [2.45, 2.75) is 32.1 Å². The Bertz CT molecular complexity index is 565. The van der Waals surface area contributed by atoms with Crippen molar-refractivity contribution in [2.75, 3.05) is 7.05 Å². The summed E-state index contributed by atoms with van der Waals surface area (Å²) in [6.45, 7) is 5.29. The Kier molecular flexibility index (Phi) is 4.15. The van der Waals surface area contributed by atoms with Crippen molar-refractivity contribution in [3.8, 4) is 6.07 Å². The van der Waals surface area contributed by atoms with Crippen molar-refractivity contribution in [2.24, 2.45) is 0 Å². The normalized spacial score (nSPS) is 12.4. The molecule has 0 atom stereocenters. The summed E-state index contributed by atoms with van der Waals surface area (Å²) in [7, 11) is -1.79. The Hall–Kier alpha value is -1.38. The summed E-state index contributed by atoms with van der Waals surface area (Å²) in [6, 6.07) is 9.01. The lowest BCUT2D eigenvalue weighted by molar-refractivity contribution is 0.442. The van der Waals surface area contributed by atoms with Crippen LogP contribution in [-0.2, 0) is 16.6 Å². The highest BCUT2D eigenvalue weighted by atomic mass is 32.2. The van der Waals surface area contributed by atoms with Gasteiger partial charge in [-0.25, -0.2) is 12.7 Å². The van der Waals surface area contributed by atoms with E-state index in [9.17, 15) is 8.42 Å². The first kappa shape index (κ1) is 14.7. The third kappa shape index (κ3) is 3.09. The van der Waals surface area contributed by atoms with Crippen molar-refractivity contribution in [3.05, 3.63) is 35.4 Å². The number of rotatable bonds is 3. The molecule has 0 heterocycles. The van der Waals surface area contributed by atoms with Crippen LogP contribution >= 0.6 is 0 Å². The second-order valence-electron chi connectivity index (χ2n) is 5.19. The van der Waals surface area contributed by atoms with E-state index < -0.39 is 14.8 Å². The van der Waals surface area contributed by atoms with Gasteiger partial charge in [0.2, 0.25) is 10.0 Å². The van der Waals surface area contributed by atoms with E-state index in [0.29, 0.717) is 5.56 Å². The van der Waals surface area contributed by atoms with E-state index in [2.05, 4.69) is 0 Å². The lowest BCUT2D eigenvalue weighted by Crippen LogP contribution is -2.40. The van der Waals surface area contributed by atoms with E-state index in [1.807, 2.05) is 12.1 Å². The SMILES string of the molecule is CN(Cc1cccc(C#N)c1)S(=O)(=O)C(C)(C)C. The third-order valence-electron chi connectivity index (χ3n) is 2.65. The zero-order chi connectivity index (χ0) is 14.0. The lowest BCUT2D eigenvalue weighted by Gasteiger charge is -2.26. The van der Waals surface area contributed by atoms with Crippen LogP contribution in [-0.4, -0.2) is 24.5 Å².